The number of anilines is 1. The van der Waals surface area contributed by atoms with Crippen LogP contribution in [-0.4, -0.2) is 24.0 Å². The lowest BCUT2D eigenvalue weighted by Crippen LogP contribution is -2.08. The minimum atomic E-state index is -0.0240. The fourth-order valence-electron chi connectivity index (χ4n) is 1.10. The molecule has 0 unspecified atom stereocenters. The van der Waals surface area contributed by atoms with Gasteiger partial charge >= 0.3 is 0 Å². The fourth-order valence-corrected chi connectivity index (χ4v) is 1.10. The van der Waals surface area contributed by atoms with Gasteiger partial charge in [-0.25, -0.2) is 4.98 Å². The Hall–Kier alpha value is -1.42. The summed E-state index contributed by atoms with van der Waals surface area (Å²) >= 11 is 0. The Kier molecular flexibility index (Phi) is 4.07. The number of carbonyl (C=O) groups is 1. The van der Waals surface area contributed by atoms with E-state index in [1.165, 1.54) is 0 Å². The highest BCUT2D eigenvalue weighted by Crippen LogP contribution is 2.09. The summed E-state index contributed by atoms with van der Waals surface area (Å²) in [5.74, 6) is 0.262. The van der Waals surface area contributed by atoms with Crippen molar-refractivity contribution in [2.75, 3.05) is 18.9 Å². The second kappa shape index (κ2) is 5.34. The zero-order valence-corrected chi connectivity index (χ0v) is 8.19. The molecule has 0 amide bonds. The molecule has 0 atom stereocenters. The van der Waals surface area contributed by atoms with Crippen molar-refractivity contribution >= 4 is 11.6 Å². The van der Waals surface area contributed by atoms with Gasteiger partial charge in [0.25, 0.3) is 0 Å². The van der Waals surface area contributed by atoms with Crippen LogP contribution in [0.25, 0.3) is 0 Å². The van der Waals surface area contributed by atoms with Crippen LogP contribution >= 0.6 is 0 Å². The van der Waals surface area contributed by atoms with E-state index in [0.717, 1.165) is 0 Å². The lowest BCUT2D eigenvalue weighted by molar-refractivity contribution is 0.0896. The van der Waals surface area contributed by atoms with Crippen molar-refractivity contribution in [3.05, 3.63) is 23.9 Å². The summed E-state index contributed by atoms with van der Waals surface area (Å²) in [7, 11) is 0. The van der Waals surface area contributed by atoms with E-state index in [1.54, 1.807) is 18.3 Å². The molecule has 0 aliphatic rings. The molecule has 76 valence electrons. The van der Waals surface area contributed by atoms with E-state index in [4.69, 9.17) is 10.5 Å². The number of nitrogens with two attached hydrogens (primary N) is 1. The van der Waals surface area contributed by atoms with Gasteiger partial charge < -0.3 is 10.5 Å². The quantitative estimate of drug-likeness (QED) is 0.566. The first-order valence-corrected chi connectivity index (χ1v) is 4.57. The maximum absolute atomic E-state index is 11.5. The van der Waals surface area contributed by atoms with Crippen molar-refractivity contribution in [1.29, 1.82) is 0 Å². The number of hydrogen-bond donors (Lipinski definition) is 1. The number of aromatic nitrogens is 1. The lowest BCUT2D eigenvalue weighted by Gasteiger charge is -2.03. The topological polar surface area (TPSA) is 65.2 Å². The van der Waals surface area contributed by atoms with Crippen molar-refractivity contribution in [2.24, 2.45) is 0 Å². The SMILES string of the molecule is CCOCCC(=O)c1cccnc1N. The van der Waals surface area contributed by atoms with Crippen molar-refractivity contribution in [1.82, 2.24) is 4.98 Å². The number of rotatable bonds is 5. The molecule has 0 fully saturated rings. The Labute approximate surface area is 83.1 Å². The van der Waals surface area contributed by atoms with E-state index in [0.29, 0.717) is 25.2 Å². The highest BCUT2D eigenvalue weighted by atomic mass is 16.5. The third-order valence-corrected chi connectivity index (χ3v) is 1.82. The molecule has 0 aliphatic carbocycles. The molecular weight excluding hydrogens is 180 g/mol. The first-order valence-electron chi connectivity index (χ1n) is 4.57. The number of nitrogen functional groups attached to an aromatic ring is 1. The largest absolute Gasteiger partial charge is 0.383 e. The molecule has 0 spiro atoms. The van der Waals surface area contributed by atoms with Gasteiger partial charge in [-0.3, -0.25) is 4.79 Å². The maximum Gasteiger partial charge on any atom is 0.168 e. The van der Waals surface area contributed by atoms with Gasteiger partial charge in [0, 0.05) is 19.2 Å². The summed E-state index contributed by atoms with van der Waals surface area (Å²) in [6, 6.07) is 3.38. The number of carbonyl (C=O) groups excluding carboxylic acids is 1. The van der Waals surface area contributed by atoms with Crippen LogP contribution in [0.4, 0.5) is 5.82 Å². The summed E-state index contributed by atoms with van der Waals surface area (Å²) in [6.45, 7) is 2.95. The molecule has 1 aromatic rings. The predicted molar refractivity (Wildman–Crippen MR) is 54.1 cm³/mol. The highest BCUT2D eigenvalue weighted by Gasteiger charge is 2.08. The van der Waals surface area contributed by atoms with Gasteiger partial charge in [0.05, 0.1) is 12.2 Å². The van der Waals surface area contributed by atoms with Crippen LogP contribution in [-0.2, 0) is 4.74 Å². The molecule has 0 bridgehead atoms. The fraction of sp³-hybridized carbons (Fsp3) is 0.400. The number of pyridine rings is 1. The van der Waals surface area contributed by atoms with Gasteiger partial charge in [-0.05, 0) is 19.1 Å². The minimum absolute atomic E-state index is 0.0240. The molecule has 0 radical (unpaired) electrons. The normalized spacial score (nSPS) is 10.1. The molecule has 2 N–H and O–H groups in total. The molecule has 0 aliphatic heterocycles. The van der Waals surface area contributed by atoms with E-state index in [1.807, 2.05) is 6.92 Å². The number of hydrogen-bond acceptors (Lipinski definition) is 4. The average molecular weight is 194 g/mol. The minimum Gasteiger partial charge on any atom is -0.383 e. The molecular formula is C10H14N2O2. The van der Waals surface area contributed by atoms with Gasteiger partial charge in [0.15, 0.2) is 5.78 Å². The summed E-state index contributed by atoms with van der Waals surface area (Å²) in [5, 5.41) is 0. The van der Waals surface area contributed by atoms with E-state index in [2.05, 4.69) is 4.98 Å². The number of ether oxygens (including phenoxy) is 1. The Bertz CT molecular complexity index is 313. The van der Waals surface area contributed by atoms with E-state index >= 15 is 0 Å². The lowest BCUT2D eigenvalue weighted by atomic mass is 10.1. The van der Waals surface area contributed by atoms with Gasteiger partial charge in [-0.2, -0.15) is 0 Å². The molecule has 1 rings (SSSR count). The van der Waals surface area contributed by atoms with Crippen LogP contribution < -0.4 is 5.73 Å². The summed E-state index contributed by atoms with van der Waals surface area (Å²) in [4.78, 5) is 15.4. The summed E-state index contributed by atoms with van der Waals surface area (Å²) < 4.78 is 5.08. The zero-order valence-electron chi connectivity index (χ0n) is 8.19. The standard InChI is InChI=1S/C10H14N2O2/c1-2-14-7-5-9(13)8-4-3-6-12-10(8)11/h3-4,6H,2,5,7H2,1H3,(H2,11,12). The second-order valence-corrected chi connectivity index (χ2v) is 2.81. The molecule has 1 aromatic heterocycles. The molecule has 0 saturated carbocycles. The maximum atomic E-state index is 11.5. The predicted octanol–water partition coefficient (Wildman–Crippen LogP) is 1.27. The van der Waals surface area contributed by atoms with E-state index < -0.39 is 0 Å². The van der Waals surface area contributed by atoms with Gasteiger partial charge in [0.2, 0.25) is 0 Å². The molecule has 0 saturated heterocycles. The highest BCUT2D eigenvalue weighted by molar-refractivity contribution is 5.99. The van der Waals surface area contributed by atoms with Crippen LogP contribution in [0.15, 0.2) is 18.3 Å². The van der Waals surface area contributed by atoms with Gasteiger partial charge in [0.1, 0.15) is 5.82 Å². The van der Waals surface area contributed by atoms with Crippen molar-refractivity contribution < 1.29 is 9.53 Å². The van der Waals surface area contributed by atoms with E-state index in [9.17, 15) is 4.79 Å². The Morgan fingerprint density at radius 3 is 3.07 bits per heavy atom. The summed E-state index contributed by atoms with van der Waals surface area (Å²) in [6.07, 6.45) is 1.92. The first-order chi connectivity index (χ1) is 6.75. The van der Waals surface area contributed by atoms with E-state index in [-0.39, 0.29) is 11.6 Å². The third-order valence-electron chi connectivity index (χ3n) is 1.82. The Morgan fingerprint density at radius 1 is 1.64 bits per heavy atom. The summed E-state index contributed by atoms with van der Waals surface area (Å²) in [5.41, 5.74) is 6.03. The van der Waals surface area contributed by atoms with Crippen LogP contribution in [0.1, 0.15) is 23.7 Å². The monoisotopic (exact) mass is 194 g/mol. The van der Waals surface area contributed by atoms with Gasteiger partial charge in [-0.15, -0.1) is 0 Å². The van der Waals surface area contributed by atoms with Crippen LogP contribution in [0.2, 0.25) is 0 Å². The van der Waals surface area contributed by atoms with Crippen molar-refractivity contribution in [2.45, 2.75) is 13.3 Å². The molecule has 1 heterocycles. The third kappa shape index (κ3) is 2.81. The van der Waals surface area contributed by atoms with Crippen molar-refractivity contribution in [3.8, 4) is 0 Å². The van der Waals surface area contributed by atoms with Crippen molar-refractivity contribution in [3.63, 3.8) is 0 Å². The van der Waals surface area contributed by atoms with Crippen LogP contribution in [0.3, 0.4) is 0 Å². The smallest absolute Gasteiger partial charge is 0.168 e. The number of ketones is 1. The Balaban J connectivity index is 2.56. The average Bonchev–Trinajstić information content (AvgIpc) is 2.18. The first kappa shape index (κ1) is 10.7. The van der Waals surface area contributed by atoms with Gasteiger partial charge in [-0.1, -0.05) is 0 Å². The molecule has 4 heteroatoms. The van der Waals surface area contributed by atoms with Crippen LogP contribution in [0.5, 0.6) is 0 Å². The molecule has 0 aromatic carbocycles. The molecule has 4 nitrogen and oxygen atoms in total. The van der Waals surface area contributed by atoms with Crippen LogP contribution in [0, 0.1) is 0 Å². The number of nitrogens with zero attached hydrogens (tertiary/aromatic N) is 1. The second-order valence-electron chi connectivity index (χ2n) is 2.81. The zero-order chi connectivity index (χ0) is 10.4. The molecule has 14 heavy (non-hydrogen) atoms. The Morgan fingerprint density at radius 2 is 2.43 bits per heavy atom. The number of Topliss-reactive ketones (excluding diaryl/α,β-unsaturated/α-hetero) is 1.